The number of rotatable bonds is 2. The van der Waals surface area contributed by atoms with Crippen molar-refractivity contribution in [3.8, 4) is 11.8 Å². The molecule has 0 aliphatic rings. The van der Waals surface area contributed by atoms with Crippen molar-refractivity contribution in [3.05, 3.63) is 47.3 Å². The Labute approximate surface area is 111 Å². The molecule has 0 fully saturated rings. The number of carbonyl (C=O) groups excluding carboxylic acids is 1. The van der Waals surface area contributed by atoms with E-state index in [2.05, 4.69) is 27.4 Å². The second-order valence-electron chi connectivity index (χ2n) is 3.95. The molecule has 1 aromatic carbocycles. The van der Waals surface area contributed by atoms with Crippen molar-refractivity contribution in [3.63, 3.8) is 0 Å². The molecule has 96 valence electrons. The number of aromatic nitrogens is 2. The average Bonchev–Trinajstić information content (AvgIpc) is 2.83. The summed E-state index contributed by atoms with van der Waals surface area (Å²) in [6.45, 7) is 2.11. The molecule has 0 bridgehead atoms. The smallest absolute Gasteiger partial charge is 0.259 e. The summed E-state index contributed by atoms with van der Waals surface area (Å²) in [7, 11) is 0. The Morgan fingerprint density at radius 1 is 1.53 bits per heavy atom. The standard InChI is InChI=1S/C14H14N4O/c1-10-13(9-16-18-10)14(19)17-12-6-2-4-11(8-12)5-3-7-15/h2,4,6,8-9H,7,15H2,1H3,(H,16,18)(H,17,19). The quantitative estimate of drug-likeness (QED) is 0.706. The molecule has 0 saturated heterocycles. The lowest BCUT2D eigenvalue weighted by Gasteiger charge is -2.04. The number of aromatic amines is 1. The minimum absolute atomic E-state index is 0.199. The number of hydrogen-bond acceptors (Lipinski definition) is 3. The summed E-state index contributed by atoms with van der Waals surface area (Å²) in [5, 5.41) is 9.35. The maximum Gasteiger partial charge on any atom is 0.259 e. The van der Waals surface area contributed by atoms with E-state index in [-0.39, 0.29) is 5.91 Å². The lowest BCUT2D eigenvalue weighted by atomic mass is 10.2. The van der Waals surface area contributed by atoms with E-state index in [1.807, 2.05) is 12.1 Å². The molecule has 4 N–H and O–H groups in total. The number of nitrogens with two attached hydrogens (primary N) is 1. The lowest BCUT2D eigenvalue weighted by Crippen LogP contribution is -2.12. The van der Waals surface area contributed by atoms with Crippen molar-refractivity contribution < 1.29 is 4.79 Å². The van der Waals surface area contributed by atoms with Crippen LogP contribution in [0.2, 0.25) is 0 Å². The van der Waals surface area contributed by atoms with Crippen LogP contribution in [0.4, 0.5) is 5.69 Å². The van der Waals surface area contributed by atoms with Crippen LogP contribution in [0.3, 0.4) is 0 Å². The summed E-state index contributed by atoms with van der Waals surface area (Å²) in [4.78, 5) is 12.0. The number of anilines is 1. The molecule has 19 heavy (non-hydrogen) atoms. The van der Waals surface area contributed by atoms with E-state index >= 15 is 0 Å². The van der Waals surface area contributed by atoms with Crippen molar-refractivity contribution in [2.45, 2.75) is 6.92 Å². The van der Waals surface area contributed by atoms with Gasteiger partial charge >= 0.3 is 0 Å². The van der Waals surface area contributed by atoms with E-state index in [0.717, 1.165) is 11.3 Å². The summed E-state index contributed by atoms with van der Waals surface area (Å²) in [5.41, 5.74) is 8.08. The zero-order valence-corrected chi connectivity index (χ0v) is 10.5. The topological polar surface area (TPSA) is 83.8 Å². The van der Waals surface area contributed by atoms with Gasteiger partial charge in [0.1, 0.15) is 0 Å². The second-order valence-corrected chi connectivity index (χ2v) is 3.95. The Morgan fingerprint density at radius 3 is 3.05 bits per heavy atom. The molecule has 1 aromatic heterocycles. The third-order valence-electron chi connectivity index (χ3n) is 2.53. The average molecular weight is 254 g/mol. The van der Waals surface area contributed by atoms with Crippen LogP contribution in [-0.4, -0.2) is 22.6 Å². The number of carbonyl (C=O) groups is 1. The van der Waals surface area contributed by atoms with Gasteiger partial charge in [-0.25, -0.2) is 0 Å². The number of H-pyrrole nitrogens is 1. The molecule has 0 radical (unpaired) electrons. The summed E-state index contributed by atoms with van der Waals surface area (Å²) in [6, 6.07) is 7.30. The summed E-state index contributed by atoms with van der Waals surface area (Å²) < 4.78 is 0. The van der Waals surface area contributed by atoms with Gasteiger partial charge in [0.05, 0.1) is 18.3 Å². The van der Waals surface area contributed by atoms with E-state index in [9.17, 15) is 4.79 Å². The molecule has 2 aromatic rings. The monoisotopic (exact) mass is 254 g/mol. The van der Waals surface area contributed by atoms with Gasteiger partial charge in [-0.3, -0.25) is 9.89 Å². The van der Waals surface area contributed by atoms with Crippen LogP contribution in [0.5, 0.6) is 0 Å². The number of benzene rings is 1. The molecule has 5 heteroatoms. The summed E-state index contributed by atoms with van der Waals surface area (Å²) in [5.74, 6) is 5.49. The first kappa shape index (κ1) is 12.9. The SMILES string of the molecule is Cc1[nH]ncc1C(=O)Nc1cccc(C#CCN)c1. The molecule has 0 spiro atoms. The van der Waals surface area contributed by atoms with Gasteiger partial charge in [0.15, 0.2) is 0 Å². The van der Waals surface area contributed by atoms with Crippen molar-refractivity contribution in [1.29, 1.82) is 0 Å². The van der Waals surface area contributed by atoms with Gasteiger partial charge in [0.25, 0.3) is 5.91 Å². The van der Waals surface area contributed by atoms with E-state index in [4.69, 9.17) is 5.73 Å². The van der Waals surface area contributed by atoms with Gasteiger partial charge in [-0.2, -0.15) is 5.10 Å². The molecule has 0 aliphatic carbocycles. The largest absolute Gasteiger partial charge is 0.322 e. The molecule has 0 atom stereocenters. The highest BCUT2D eigenvalue weighted by Crippen LogP contribution is 2.12. The van der Waals surface area contributed by atoms with Crippen molar-refractivity contribution in [1.82, 2.24) is 10.2 Å². The molecule has 0 unspecified atom stereocenters. The number of hydrogen-bond donors (Lipinski definition) is 3. The summed E-state index contributed by atoms with van der Waals surface area (Å²) >= 11 is 0. The van der Waals surface area contributed by atoms with Crippen LogP contribution in [0.15, 0.2) is 30.5 Å². The first-order chi connectivity index (χ1) is 9.20. The highest BCUT2D eigenvalue weighted by Gasteiger charge is 2.10. The zero-order valence-electron chi connectivity index (χ0n) is 10.5. The summed E-state index contributed by atoms with van der Waals surface area (Å²) in [6.07, 6.45) is 1.50. The molecule has 0 saturated carbocycles. The van der Waals surface area contributed by atoms with Crippen LogP contribution < -0.4 is 11.1 Å². The highest BCUT2D eigenvalue weighted by molar-refractivity contribution is 6.04. The highest BCUT2D eigenvalue weighted by atomic mass is 16.1. The maximum atomic E-state index is 12.0. The van der Waals surface area contributed by atoms with Crippen LogP contribution in [0.25, 0.3) is 0 Å². The molecule has 0 aliphatic heterocycles. The van der Waals surface area contributed by atoms with Crippen LogP contribution in [0, 0.1) is 18.8 Å². The van der Waals surface area contributed by atoms with Gasteiger partial charge in [0, 0.05) is 16.9 Å². The van der Waals surface area contributed by atoms with Crippen LogP contribution in [0.1, 0.15) is 21.6 Å². The first-order valence-electron chi connectivity index (χ1n) is 5.81. The van der Waals surface area contributed by atoms with Crippen molar-refractivity contribution in [2.24, 2.45) is 5.73 Å². The fraction of sp³-hybridized carbons (Fsp3) is 0.143. The van der Waals surface area contributed by atoms with E-state index < -0.39 is 0 Å². The molecule has 1 amide bonds. The normalized spacial score (nSPS) is 9.58. The van der Waals surface area contributed by atoms with Crippen molar-refractivity contribution in [2.75, 3.05) is 11.9 Å². The molecular formula is C14H14N4O. The predicted octanol–water partition coefficient (Wildman–Crippen LogP) is 1.28. The molecule has 2 rings (SSSR count). The third-order valence-corrected chi connectivity index (χ3v) is 2.53. The lowest BCUT2D eigenvalue weighted by molar-refractivity contribution is 0.102. The number of amides is 1. The number of aryl methyl sites for hydroxylation is 1. The fourth-order valence-corrected chi connectivity index (χ4v) is 1.61. The Morgan fingerprint density at radius 2 is 2.37 bits per heavy atom. The minimum atomic E-state index is -0.199. The van der Waals surface area contributed by atoms with Gasteiger partial charge in [0.2, 0.25) is 0 Å². The number of nitrogens with one attached hydrogen (secondary N) is 2. The second kappa shape index (κ2) is 5.85. The minimum Gasteiger partial charge on any atom is -0.322 e. The van der Waals surface area contributed by atoms with E-state index in [0.29, 0.717) is 17.8 Å². The Balaban J connectivity index is 2.15. The zero-order chi connectivity index (χ0) is 13.7. The third kappa shape index (κ3) is 3.21. The van der Waals surface area contributed by atoms with E-state index in [1.165, 1.54) is 6.20 Å². The molecule has 1 heterocycles. The Kier molecular flexibility index (Phi) is 3.96. The molecular weight excluding hydrogens is 240 g/mol. The predicted molar refractivity (Wildman–Crippen MR) is 73.7 cm³/mol. The van der Waals surface area contributed by atoms with Gasteiger partial charge in [-0.1, -0.05) is 17.9 Å². The van der Waals surface area contributed by atoms with Gasteiger partial charge in [-0.15, -0.1) is 0 Å². The van der Waals surface area contributed by atoms with Gasteiger partial charge < -0.3 is 11.1 Å². The Hall–Kier alpha value is -2.58. The van der Waals surface area contributed by atoms with Gasteiger partial charge in [-0.05, 0) is 25.1 Å². The van der Waals surface area contributed by atoms with Crippen molar-refractivity contribution >= 4 is 11.6 Å². The maximum absolute atomic E-state index is 12.0. The fourth-order valence-electron chi connectivity index (χ4n) is 1.61. The van der Waals surface area contributed by atoms with Crippen LogP contribution >= 0.6 is 0 Å². The Bertz CT molecular complexity index is 649. The number of nitrogens with zero attached hydrogens (tertiary/aromatic N) is 1. The van der Waals surface area contributed by atoms with Crippen LogP contribution in [-0.2, 0) is 0 Å². The first-order valence-corrected chi connectivity index (χ1v) is 5.81. The van der Waals surface area contributed by atoms with E-state index in [1.54, 1.807) is 19.1 Å². The molecule has 5 nitrogen and oxygen atoms in total.